The van der Waals surface area contributed by atoms with Crippen LogP contribution in [0, 0.1) is 5.41 Å². The van der Waals surface area contributed by atoms with Crippen LogP contribution in [-0.2, 0) is 13.5 Å². The molecular weight excluding hydrogens is 196 g/mol. The zero-order valence-corrected chi connectivity index (χ0v) is 10.6. The maximum Gasteiger partial charge on any atom is 0.109 e. The number of aryl methyl sites for hydroxylation is 2. The van der Waals surface area contributed by atoms with Gasteiger partial charge in [-0.05, 0) is 24.0 Å². The number of hydrogen-bond acceptors (Lipinski definition) is 1. The molecule has 0 unspecified atom stereocenters. The van der Waals surface area contributed by atoms with Crippen molar-refractivity contribution in [2.24, 2.45) is 12.5 Å². The molecule has 0 spiro atoms. The Labute approximate surface area is 97.3 Å². The van der Waals surface area contributed by atoms with Crippen molar-refractivity contribution in [2.75, 3.05) is 0 Å². The zero-order valence-electron chi connectivity index (χ0n) is 10.6. The second-order valence-electron chi connectivity index (χ2n) is 5.64. The van der Waals surface area contributed by atoms with Gasteiger partial charge >= 0.3 is 0 Å². The number of benzene rings is 1. The van der Waals surface area contributed by atoms with E-state index in [1.54, 1.807) is 0 Å². The first-order valence-electron chi connectivity index (χ1n) is 5.88. The molecule has 1 aromatic heterocycles. The summed E-state index contributed by atoms with van der Waals surface area (Å²) in [6, 6.07) is 8.32. The molecular formula is C14H20N2. The Morgan fingerprint density at radius 2 is 1.88 bits per heavy atom. The summed E-state index contributed by atoms with van der Waals surface area (Å²) in [6.07, 6.45) is 2.22. The smallest absolute Gasteiger partial charge is 0.109 e. The van der Waals surface area contributed by atoms with Gasteiger partial charge in [-0.1, -0.05) is 32.9 Å². The van der Waals surface area contributed by atoms with Crippen LogP contribution < -0.4 is 0 Å². The van der Waals surface area contributed by atoms with Crippen LogP contribution in [0.5, 0.6) is 0 Å². The van der Waals surface area contributed by atoms with Crippen LogP contribution in [0.15, 0.2) is 24.3 Å². The quantitative estimate of drug-likeness (QED) is 0.750. The molecule has 0 atom stereocenters. The number of aromatic nitrogens is 2. The lowest BCUT2D eigenvalue weighted by atomic mass is 9.90. The zero-order chi connectivity index (χ0) is 11.8. The van der Waals surface area contributed by atoms with Crippen LogP contribution in [-0.4, -0.2) is 9.55 Å². The fraction of sp³-hybridized carbons (Fsp3) is 0.500. The van der Waals surface area contributed by atoms with Gasteiger partial charge in [0.25, 0.3) is 0 Å². The fourth-order valence-corrected chi connectivity index (χ4v) is 1.91. The molecule has 0 bridgehead atoms. The molecule has 86 valence electrons. The molecule has 0 radical (unpaired) electrons. The molecule has 0 saturated heterocycles. The average molecular weight is 216 g/mol. The van der Waals surface area contributed by atoms with Crippen LogP contribution in [0.25, 0.3) is 11.0 Å². The molecule has 2 rings (SSSR count). The molecule has 0 aliphatic carbocycles. The molecule has 1 aromatic carbocycles. The number of nitrogens with zero attached hydrogens (tertiary/aromatic N) is 2. The molecule has 1 heterocycles. The lowest BCUT2D eigenvalue weighted by Gasteiger charge is -2.17. The number of hydrogen-bond donors (Lipinski definition) is 0. The molecule has 0 aliphatic rings. The van der Waals surface area contributed by atoms with Gasteiger partial charge in [0.1, 0.15) is 5.82 Å². The van der Waals surface area contributed by atoms with Crippen molar-refractivity contribution in [2.45, 2.75) is 33.6 Å². The third kappa shape index (κ3) is 2.26. The Bertz CT molecular complexity index is 489. The second-order valence-corrected chi connectivity index (χ2v) is 5.64. The molecule has 0 fully saturated rings. The standard InChI is InChI=1S/C14H20N2/c1-14(2,3)10-9-13-15-11-7-5-6-8-12(11)16(13)4/h5-8H,9-10H2,1-4H3. The highest BCUT2D eigenvalue weighted by atomic mass is 15.1. The van der Waals surface area contributed by atoms with Crippen molar-refractivity contribution in [1.82, 2.24) is 9.55 Å². The monoisotopic (exact) mass is 216 g/mol. The van der Waals surface area contributed by atoms with Gasteiger partial charge in [-0.25, -0.2) is 4.98 Å². The van der Waals surface area contributed by atoms with Crippen LogP contribution in [0.4, 0.5) is 0 Å². The van der Waals surface area contributed by atoms with Crippen molar-refractivity contribution in [3.63, 3.8) is 0 Å². The van der Waals surface area contributed by atoms with Crippen molar-refractivity contribution in [3.05, 3.63) is 30.1 Å². The highest BCUT2D eigenvalue weighted by Crippen LogP contribution is 2.22. The van der Waals surface area contributed by atoms with E-state index in [-0.39, 0.29) is 0 Å². The minimum absolute atomic E-state index is 0.373. The first kappa shape index (κ1) is 11.2. The van der Waals surface area contributed by atoms with Crippen LogP contribution in [0.3, 0.4) is 0 Å². The van der Waals surface area contributed by atoms with Crippen LogP contribution >= 0.6 is 0 Å². The summed E-state index contributed by atoms with van der Waals surface area (Å²) in [5, 5.41) is 0. The van der Waals surface area contributed by atoms with E-state index in [0.29, 0.717) is 5.41 Å². The molecule has 0 aliphatic heterocycles. The number of rotatable bonds is 2. The van der Waals surface area contributed by atoms with Gasteiger partial charge in [0.2, 0.25) is 0 Å². The van der Waals surface area contributed by atoms with E-state index in [0.717, 1.165) is 11.9 Å². The molecule has 2 aromatic rings. The van der Waals surface area contributed by atoms with E-state index in [2.05, 4.69) is 55.6 Å². The highest BCUT2D eigenvalue weighted by Gasteiger charge is 2.13. The summed E-state index contributed by atoms with van der Waals surface area (Å²) < 4.78 is 2.21. The number of imidazole rings is 1. The second kappa shape index (κ2) is 3.93. The van der Waals surface area contributed by atoms with Crippen molar-refractivity contribution in [3.8, 4) is 0 Å². The van der Waals surface area contributed by atoms with E-state index in [1.807, 2.05) is 6.07 Å². The first-order chi connectivity index (χ1) is 7.47. The third-order valence-electron chi connectivity index (χ3n) is 2.98. The SMILES string of the molecule is Cn1c(CCC(C)(C)C)nc2ccccc21. The number of para-hydroxylation sites is 2. The van der Waals surface area contributed by atoms with E-state index in [4.69, 9.17) is 0 Å². The third-order valence-corrected chi connectivity index (χ3v) is 2.98. The topological polar surface area (TPSA) is 17.8 Å². The fourth-order valence-electron chi connectivity index (χ4n) is 1.91. The predicted octanol–water partition coefficient (Wildman–Crippen LogP) is 3.55. The van der Waals surface area contributed by atoms with Crippen LogP contribution in [0.2, 0.25) is 0 Å². The minimum Gasteiger partial charge on any atom is -0.331 e. The molecule has 16 heavy (non-hydrogen) atoms. The van der Waals surface area contributed by atoms with Gasteiger partial charge in [0.15, 0.2) is 0 Å². The minimum atomic E-state index is 0.373. The Hall–Kier alpha value is -1.31. The Morgan fingerprint density at radius 3 is 2.50 bits per heavy atom. The summed E-state index contributed by atoms with van der Waals surface area (Å²) in [7, 11) is 2.10. The molecule has 0 amide bonds. The largest absolute Gasteiger partial charge is 0.331 e. The van der Waals surface area contributed by atoms with Gasteiger partial charge in [-0.3, -0.25) is 0 Å². The Morgan fingerprint density at radius 1 is 1.19 bits per heavy atom. The summed E-state index contributed by atoms with van der Waals surface area (Å²) in [6.45, 7) is 6.82. The van der Waals surface area contributed by atoms with Gasteiger partial charge in [-0.15, -0.1) is 0 Å². The lowest BCUT2D eigenvalue weighted by molar-refractivity contribution is 0.373. The van der Waals surface area contributed by atoms with Gasteiger partial charge in [-0.2, -0.15) is 0 Å². The lowest BCUT2D eigenvalue weighted by Crippen LogP contribution is -2.08. The predicted molar refractivity (Wildman–Crippen MR) is 68.5 cm³/mol. The summed E-state index contributed by atoms with van der Waals surface area (Å²) in [5.74, 6) is 1.19. The highest BCUT2D eigenvalue weighted by molar-refractivity contribution is 5.75. The van der Waals surface area contributed by atoms with Crippen molar-refractivity contribution < 1.29 is 0 Å². The Kier molecular flexibility index (Phi) is 2.75. The van der Waals surface area contributed by atoms with E-state index in [9.17, 15) is 0 Å². The van der Waals surface area contributed by atoms with Gasteiger partial charge in [0, 0.05) is 13.5 Å². The van der Waals surface area contributed by atoms with E-state index >= 15 is 0 Å². The summed E-state index contributed by atoms with van der Waals surface area (Å²) in [5.41, 5.74) is 2.71. The summed E-state index contributed by atoms with van der Waals surface area (Å²) >= 11 is 0. The average Bonchev–Trinajstić information content (AvgIpc) is 2.53. The van der Waals surface area contributed by atoms with Crippen molar-refractivity contribution in [1.29, 1.82) is 0 Å². The van der Waals surface area contributed by atoms with Crippen LogP contribution in [0.1, 0.15) is 33.0 Å². The van der Waals surface area contributed by atoms with E-state index in [1.165, 1.54) is 17.8 Å². The first-order valence-corrected chi connectivity index (χ1v) is 5.88. The maximum atomic E-state index is 4.68. The van der Waals surface area contributed by atoms with Crippen molar-refractivity contribution >= 4 is 11.0 Å². The maximum absolute atomic E-state index is 4.68. The molecule has 0 N–H and O–H groups in total. The van der Waals surface area contributed by atoms with Gasteiger partial charge < -0.3 is 4.57 Å². The molecule has 2 heteroatoms. The molecule has 2 nitrogen and oxygen atoms in total. The number of fused-ring (bicyclic) bond motifs is 1. The van der Waals surface area contributed by atoms with Gasteiger partial charge in [0.05, 0.1) is 11.0 Å². The Balaban J connectivity index is 2.28. The molecule has 0 saturated carbocycles. The normalized spacial score (nSPS) is 12.2. The summed E-state index contributed by atoms with van der Waals surface area (Å²) in [4.78, 5) is 4.68. The van der Waals surface area contributed by atoms with E-state index < -0.39 is 0 Å².